The summed E-state index contributed by atoms with van der Waals surface area (Å²) in [4.78, 5) is 4.37. The van der Waals surface area contributed by atoms with Crippen LogP contribution in [0.25, 0.3) is 22.8 Å². The molecule has 0 fully saturated rings. The van der Waals surface area contributed by atoms with Gasteiger partial charge < -0.3 is 10.3 Å². The van der Waals surface area contributed by atoms with Crippen LogP contribution >= 0.6 is 15.9 Å². The molecule has 0 saturated carbocycles. The summed E-state index contributed by atoms with van der Waals surface area (Å²) in [6.07, 6.45) is 0. The second-order valence-electron chi connectivity index (χ2n) is 4.06. The van der Waals surface area contributed by atoms with E-state index in [0.29, 0.717) is 17.4 Å². The van der Waals surface area contributed by atoms with Crippen LogP contribution in [0.5, 0.6) is 0 Å². The minimum Gasteiger partial charge on any atom is -0.399 e. The predicted molar refractivity (Wildman–Crippen MR) is 77.3 cm³/mol. The summed E-state index contributed by atoms with van der Waals surface area (Å²) in [6.45, 7) is 0. The van der Waals surface area contributed by atoms with Gasteiger partial charge in [-0.15, -0.1) is 0 Å². The molecule has 94 valence electrons. The number of nitrogens with two attached hydrogens (primary N) is 1. The van der Waals surface area contributed by atoms with E-state index < -0.39 is 0 Å². The molecule has 0 bridgehead atoms. The Bertz CT molecular complexity index is 707. The largest absolute Gasteiger partial charge is 0.399 e. The molecular formula is C14H10BrN3O. The lowest BCUT2D eigenvalue weighted by Gasteiger charge is -1.95. The van der Waals surface area contributed by atoms with Gasteiger partial charge >= 0.3 is 0 Å². The average molecular weight is 316 g/mol. The third kappa shape index (κ3) is 2.51. The van der Waals surface area contributed by atoms with Gasteiger partial charge in [-0.25, -0.2) is 0 Å². The van der Waals surface area contributed by atoms with Crippen LogP contribution in [0.3, 0.4) is 0 Å². The van der Waals surface area contributed by atoms with Crippen molar-refractivity contribution < 1.29 is 4.52 Å². The fourth-order valence-electron chi connectivity index (χ4n) is 1.73. The number of rotatable bonds is 2. The lowest BCUT2D eigenvalue weighted by atomic mass is 10.2. The summed E-state index contributed by atoms with van der Waals surface area (Å²) >= 11 is 3.39. The molecule has 0 spiro atoms. The van der Waals surface area contributed by atoms with Gasteiger partial charge in [-0.05, 0) is 42.5 Å². The van der Waals surface area contributed by atoms with E-state index in [4.69, 9.17) is 10.3 Å². The molecule has 2 N–H and O–H groups in total. The third-order valence-electron chi connectivity index (χ3n) is 2.66. The molecule has 3 rings (SSSR count). The van der Waals surface area contributed by atoms with Crippen molar-refractivity contribution in [2.75, 3.05) is 5.73 Å². The zero-order valence-corrected chi connectivity index (χ0v) is 11.5. The molecular weight excluding hydrogens is 306 g/mol. The molecule has 0 aliphatic carbocycles. The van der Waals surface area contributed by atoms with E-state index in [-0.39, 0.29) is 0 Å². The lowest BCUT2D eigenvalue weighted by Crippen LogP contribution is -1.85. The van der Waals surface area contributed by atoms with Gasteiger partial charge in [-0.2, -0.15) is 4.98 Å². The smallest absolute Gasteiger partial charge is 0.258 e. The fraction of sp³-hybridized carbons (Fsp3) is 0. The number of anilines is 1. The first-order valence-corrected chi connectivity index (χ1v) is 6.47. The van der Waals surface area contributed by atoms with Crippen LogP contribution in [0, 0.1) is 0 Å². The topological polar surface area (TPSA) is 64.9 Å². The molecule has 0 unspecified atom stereocenters. The standard InChI is InChI=1S/C14H10BrN3O/c15-11-6-4-9(5-7-11)13-17-14(19-18-13)10-2-1-3-12(16)8-10/h1-8H,16H2. The number of hydrogen-bond donors (Lipinski definition) is 1. The van der Waals surface area contributed by atoms with Crippen molar-refractivity contribution in [2.45, 2.75) is 0 Å². The maximum absolute atomic E-state index is 5.74. The average Bonchev–Trinajstić information content (AvgIpc) is 2.89. The van der Waals surface area contributed by atoms with Crippen LogP contribution in [0.15, 0.2) is 57.5 Å². The van der Waals surface area contributed by atoms with Gasteiger partial charge in [0.2, 0.25) is 5.82 Å². The SMILES string of the molecule is Nc1cccc(-c2nc(-c3ccc(Br)cc3)no2)c1. The van der Waals surface area contributed by atoms with E-state index in [1.165, 1.54) is 0 Å². The van der Waals surface area contributed by atoms with Gasteiger partial charge in [-0.1, -0.05) is 27.2 Å². The van der Waals surface area contributed by atoms with Crippen LogP contribution < -0.4 is 5.73 Å². The zero-order valence-electron chi connectivity index (χ0n) is 9.88. The Morgan fingerprint density at radius 2 is 1.79 bits per heavy atom. The first-order chi connectivity index (χ1) is 9.22. The predicted octanol–water partition coefficient (Wildman–Crippen LogP) is 3.75. The minimum absolute atomic E-state index is 0.463. The van der Waals surface area contributed by atoms with Crippen molar-refractivity contribution in [2.24, 2.45) is 0 Å². The van der Waals surface area contributed by atoms with E-state index in [1.54, 1.807) is 6.07 Å². The Morgan fingerprint density at radius 1 is 1.00 bits per heavy atom. The van der Waals surface area contributed by atoms with Gasteiger partial charge in [0, 0.05) is 21.3 Å². The number of hydrogen-bond acceptors (Lipinski definition) is 4. The van der Waals surface area contributed by atoms with Crippen molar-refractivity contribution in [1.29, 1.82) is 0 Å². The van der Waals surface area contributed by atoms with Crippen molar-refractivity contribution >= 4 is 21.6 Å². The Morgan fingerprint density at radius 3 is 2.53 bits per heavy atom. The van der Waals surface area contributed by atoms with Crippen LogP contribution in [-0.2, 0) is 0 Å². The number of nitrogens with zero attached hydrogens (tertiary/aromatic N) is 2. The van der Waals surface area contributed by atoms with Crippen molar-refractivity contribution in [3.05, 3.63) is 53.0 Å². The molecule has 1 aromatic heterocycles. The minimum atomic E-state index is 0.463. The van der Waals surface area contributed by atoms with Crippen LogP contribution in [0.4, 0.5) is 5.69 Å². The van der Waals surface area contributed by atoms with Gasteiger partial charge in [0.1, 0.15) is 0 Å². The molecule has 0 radical (unpaired) electrons. The number of nitrogen functional groups attached to an aromatic ring is 1. The maximum Gasteiger partial charge on any atom is 0.258 e. The summed E-state index contributed by atoms with van der Waals surface area (Å²) in [5, 5.41) is 3.98. The molecule has 4 nitrogen and oxygen atoms in total. The van der Waals surface area contributed by atoms with Crippen LogP contribution in [0.1, 0.15) is 0 Å². The summed E-state index contributed by atoms with van der Waals surface area (Å²) in [7, 11) is 0. The van der Waals surface area contributed by atoms with Gasteiger partial charge in [0.05, 0.1) is 0 Å². The fourth-order valence-corrected chi connectivity index (χ4v) is 1.99. The highest BCUT2D eigenvalue weighted by molar-refractivity contribution is 9.10. The van der Waals surface area contributed by atoms with E-state index in [9.17, 15) is 0 Å². The third-order valence-corrected chi connectivity index (χ3v) is 3.19. The molecule has 0 aliphatic rings. The maximum atomic E-state index is 5.74. The Hall–Kier alpha value is -2.14. The molecule has 0 saturated heterocycles. The van der Waals surface area contributed by atoms with Crippen LogP contribution in [-0.4, -0.2) is 10.1 Å². The lowest BCUT2D eigenvalue weighted by molar-refractivity contribution is 0.432. The van der Waals surface area contributed by atoms with E-state index >= 15 is 0 Å². The summed E-state index contributed by atoms with van der Waals surface area (Å²) in [6, 6.07) is 15.1. The first kappa shape index (κ1) is 11.9. The molecule has 3 aromatic rings. The van der Waals surface area contributed by atoms with Gasteiger partial charge in [0.25, 0.3) is 5.89 Å². The second-order valence-corrected chi connectivity index (χ2v) is 4.97. The number of benzene rings is 2. The summed E-state index contributed by atoms with van der Waals surface area (Å²) in [5.41, 5.74) is 8.12. The molecule has 0 amide bonds. The zero-order chi connectivity index (χ0) is 13.2. The van der Waals surface area contributed by atoms with Crippen molar-refractivity contribution in [3.8, 4) is 22.8 Å². The van der Waals surface area contributed by atoms with E-state index in [2.05, 4.69) is 26.1 Å². The highest BCUT2D eigenvalue weighted by Gasteiger charge is 2.10. The molecule has 0 aliphatic heterocycles. The second kappa shape index (κ2) is 4.85. The van der Waals surface area contributed by atoms with Gasteiger partial charge in [-0.3, -0.25) is 0 Å². The number of halogens is 1. The van der Waals surface area contributed by atoms with Crippen molar-refractivity contribution in [3.63, 3.8) is 0 Å². The molecule has 0 atom stereocenters. The molecule has 19 heavy (non-hydrogen) atoms. The Labute approximate surface area is 118 Å². The molecule has 5 heteroatoms. The summed E-state index contributed by atoms with van der Waals surface area (Å²) in [5.74, 6) is 1.02. The summed E-state index contributed by atoms with van der Waals surface area (Å²) < 4.78 is 6.27. The highest BCUT2D eigenvalue weighted by Crippen LogP contribution is 2.24. The molecule has 2 aromatic carbocycles. The first-order valence-electron chi connectivity index (χ1n) is 5.68. The van der Waals surface area contributed by atoms with E-state index in [0.717, 1.165) is 15.6 Å². The Balaban J connectivity index is 1.97. The van der Waals surface area contributed by atoms with Crippen LogP contribution in [0.2, 0.25) is 0 Å². The highest BCUT2D eigenvalue weighted by atomic mass is 79.9. The van der Waals surface area contributed by atoms with Gasteiger partial charge in [0.15, 0.2) is 0 Å². The number of aromatic nitrogens is 2. The normalized spacial score (nSPS) is 10.6. The Kier molecular flexibility index (Phi) is 3.05. The molecule has 1 heterocycles. The quantitative estimate of drug-likeness (QED) is 0.731. The monoisotopic (exact) mass is 315 g/mol. The van der Waals surface area contributed by atoms with E-state index in [1.807, 2.05) is 42.5 Å². The van der Waals surface area contributed by atoms with Crippen molar-refractivity contribution in [1.82, 2.24) is 10.1 Å².